The van der Waals surface area contributed by atoms with Crippen molar-refractivity contribution in [2.45, 2.75) is 44.6 Å². The molecule has 0 aromatic rings. The van der Waals surface area contributed by atoms with Crippen molar-refractivity contribution in [2.24, 2.45) is 0 Å². The van der Waals surface area contributed by atoms with Gasteiger partial charge in [-0.1, -0.05) is 19.3 Å². The van der Waals surface area contributed by atoms with Crippen molar-refractivity contribution in [1.29, 1.82) is 5.26 Å². The summed E-state index contributed by atoms with van der Waals surface area (Å²) in [6.07, 6.45) is 6.53. The lowest BCUT2D eigenvalue weighted by Gasteiger charge is -2.40. The fourth-order valence-corrected chi connectivity index (χ4v) is 1.99. The Morgan fingerprint density at radius 2 is 1.92 bits per heavy atom. The van der Waals surface area contributed by atoms with Crippen LogP contribution in [-0.2, 0) is 0 Å². The maximum Gasteiger partial charge on any atom is 0.0867 e. The Balaban J connectivity index is 2.51. The molecule has 2 heteroatoms. The Morgan fingerprint density at radius 3 is 2.42 bits per heavy atom. The van der Waals surface area contributed by atoms with Crippen molar-refractivity contribution in [1.82, 2.24) is 4.90 Å². The average molecular weight is 166 g/mol. The van der Waals surface area contributed by atoms with E-state index in [0.29, 0.717) is 12.1 Å². The lowest BCUT2D eigenvalue weighted by Crippen LogP contribution is -2.45. The number of nitriles is 1. The predicted octanol–water partition coefficient (Wildman–Crippen LogP) is 2.16. The SMILES string of the molecule is CN(CC#N)C1(C)CCCCC1. The highest BCUT2D eigenvalue weighted by Crippen LogP contribution is 2.31. The Bertz CT molecular complexity index is 175. The first-order valence-electron chi connectivity index (χ1n) is 4.77. The van der Waals surface area contributed by atoms with E-state index < -0.39 is 0 Å². The van der Waals surface area contributed by atoms with Gasteiger partial charge in [0, 0.05) is 5.54 Å². The zero-order valence-electron chi connectivity index (χ0n) is 8.14. The van der Waals surface area contributed by atoms with Gasteiger partial charge < -0.3 is 0 Å². The second kappa shape index (κ2) is 3.91. The van der Waals surface area contributed by atoms with E-state index in [1.54, 1.807) is 0 Å². The van der Waals surface area contributed by atoms with Crippen LogP contribution < -0.4 is 0 Å². The molecule has 0 unspecified atom stereocenters. The number of nitrogens with zero attached hydrogens (tertiary/aromatic N) is 2. The van der Waals surface area contributed by atoms with Gasteiger partial charge in [0.05, 0.1) is 12.6 Å². The average Bonchev–Trinajstić information content (AvgIpc) is 2.06. The van der Waals surface area contributed by atoms with Gasteiger partial charge >= 0.3 is 0 Å². The molecule has 0 heterocycles. The normalized spacial score (nSPS) is 22.2. The smallest absolute Gasteiger partial charge is 0.0867 e. The van der Waals surface area contributed by atoms with Crippen LogP contribution in [0.4, 0.5) is 0 Å². The Hall–Kier alpha value is -0.550. The molecule has 0 aromatic carbocycles. The van der Waals surface area contributed by atoms with Gasteiger partial charge in [-0.25, -0.2) is 0 Å². The van der Waals surface area contributed by atoms with Gasteiger partial charge in [0.1, 0.15) is 0 Å². The summed E-state index contributed by atoms with van der Waals surface area (Å²) < 4.78 is 0. The third kappa shape index (κ3) is 1.98. The van der Waals surface area contributed by atoms with Crippen LogP contribution in [-0.4, -0.2) is 24.0 Å². The Kier molecular flexibility index (Phi) is 3.11. The first-order chi connectivity index (χ1) is 5.69. The summed E-state index contributed by atoms with van der Waals surface area (Å²) in [7, 11) is 2.06. The van der Waals surface area contributed by atoms with Gasteiger partial charge in [-0.3, -0.25) is 4.90 Å². The summed E-state index contributed by atoms with van der Waals surface area (Å²) in [5.41, 5.74) is 0.300. The van der Waals surface area contributed by atoms with Crippen LogP contribution in [0, 0.1) is 11.3 Å². The topological polar surface area (TPSA) is 27.0 Å². The molecule has 1 aliphatic rings. The lowest BCUT2D eigenvalue weighted by molar-refractivity contribution is 0.107. The summed E-state index contributed by atoms with van der Waals surface area (Å²) in [5, 5.41) is 8.59. The number of hydrogen-bond donors (Lipinski definition) is 0. The highest BCUT2D eigenvalue weighted by atomic mass is 15.2. The van der Waals surface area contributed by atoms with Crippen molar-refractivity contribution in [2.75, 3.05) is 13.6 Å². The van der Waals surface area contributed by atoms with Gasteiger partial charge in [-0.05, 0) is 26.8 Å². The molecular formula is C10H18N2. The molecule has 1 rings (SSSR count). The second-order valence-electron chi connectivity index (χ2n) is 4.07. The molecule has 0 N–H and O–H groups in total. The van der Waals surface area contributed by atoms with E-state index in [9.17, 15) is 0 Å². The van der Waals surface area contributed by atoms with Crippen molar-refractivity contribution < 1.29 is 0 Å². The highest BCUT2D eigenvalue weighted by Gasteiger charge is 2.30. The molecule has 0 spiro atoms. The van der Waals surface area contributed by atoms with E-state index in [4.69, 9.17) is 5.26 Å². The molecule has 1 aliphatic carbocycles. The Labute approximate surface area is 75.2 Å². The van der Waals surface area contributed by atoms with E-state index in [2.05, 4.69) is 24.9 Å². The summed E-state index contributed by atoms with van der Waals surface area (Å²) in [6, 6.07) is 2.22. The van der Waals surface area contributed by atoms with Crippen LogP contribution in [0.2, 0.25) is 0 Å². The van der Waals surface area contributed by atoms with Crippen molar-refractivity contribution >= 4 is 0 Å². The van der Waals surface area contributed by atoms with Gasteiger partial charge in [-0.15, -0.1) is 0 Å². The molecule has 0 atom stereocenters. The van der Waals surface area contributed by atoms with E-state index in [1.807, 2.05) is 0 Å². The molecule has 0 bridgehead atoms. The number of hydrogen-bond acceptors (Lipinski definition) is 2. The molecule has 0 radical (unpaired) electrons. The lowest BCUT2D eigenvalue weighted by atomic mass is 9.82. The highest BCUT2D eigenvalue weighted by molar-refractivity contribution is 4.91. The van der Waals surface area contributed by atoms with E-state index >= 15 is 0 Å². The van der Waals surface area contributed by atoms with Crippen molar-refractivity contribution in [3.8, 4) is 6.07 Å². The van der Waals surface area contributed by atoms with Gasteiger partial charge in [0.2, 0.25) is 0 Å². The summed E-state index contributed by atoms with van der Waals surface area (Å²) in [4.78, 5) is 2.20. The zero-order chi connectivity index (χ0) is 9.03. The first-order valence-corrected chi connectivity index (χ1v) is 4.77. The summed E-state index contributed by atoms with van der Waals surface area (Å²) in [6.45, 7) is 2.85. The monoisotopic (exact) mass is 166 g/mol. The van der Waals surface area contributed by atoms with Crippen LogP contribution >= 0.6 is 0 Å². The Morgan fingerprint density at radius 1 is 1.33 bits per heavy atom. The maximum absolute atomic E-state index is 8.59. The molecule has 0 saturated heterocycles. The summed E-state index contributed by atoms with van der Waals surface area (Å²) in [5.74, 6) is 0. The fourth-order valence-electron chi connectivity index (χ4n) is 1.99. The fraction of sp³-hybridized carbons (Fsp3) is 0.900. The first kappa shape index (κ1) is 9.54. The third-order valence-electron chi connectivity index (χ3n) is 3.16. The largest absolute Gasteiger partial charge is 0.288 e. The number of rotatable bonds is 2. The van der Waals surface area contributed by atoms with Crippen LogP contribution in [0.3, 0.4) is 0 Å². The van der Waals surface area contributed by atoms with Crippen LogP contribution in [0.25, 0.3) is 0 Å². The van der Waals surface area contributed by atoms with E-state index in [-0.39, 0.29) is 0 Å². The standard InChI is InChI=1S/C10H18N2/c1-10(12(2)9-8-11)6-4-3-5-7-10/h3-7,9H2,1-2H3. The third-order valence-corrected chi connectivity index (χ3v) is 3.16. The van der Waals surface area contributed by atoms with Crippen molar-refractivity contribution in [3.63, 3.8) is 0 Å². The summed E-state index contributed by atoms with van der Waals surface area (Å²) >= 11 is 0. The van der Waals surface area contributed by atoms with Gasteiger partial charge in [-0.2, -0.15) is 5.26 Å². The predicted molar refractivity (Wildman–Crippen MR) is 49.7 cm³/mol. The van der Waals surface area contributed by atoms with Gasteiger partial charge in [0.15, 0.2) is 0 Å². The molecule has 0 amide bonds. The molecular weight excluding hydrogens is 148 g/mol. The molecule has 0 aliphatic heterocycles. The maximum atomic E-state index is 8.59. The van der Waals surface area contributed by atoms with Crippen molar-refractivity contribution in [3.05, 3.63) is 0 Å². The molecule has 1 fully saturated rings. The molecule has 2 nitrogen and oxygen atoms in total. The van der Waals surface area contributed by atoms with Crippen LogP contribution in [0.15, 0.2) is 0 Å². The molecule has 12 heavy (non-hydrogen) atoms. The van der Waals surface area contributed by atoms with E-state index in [0.717, 1.165) is 0 Å². The minimum Gasteiger partial charge on any atom is -0.288 e. The zero-order valence-corrected chi connectivity index (χ0v) is 8.14. The quantitative estimate of drug-likeness (QED) is 0.588. The minimum atomic E-state index is 0.300. The molecule has 68 valence electrons. The van der Waals surface area contributed by atoms with Crippen LogP contribution in [0.5, 0.6) is 0 Å². The second-order valence-corrected chi connectivity index (χ2v) is 4.07. The molecule has 1 saturated carbocycles. The minimum absolute atomic E-state index is 0.300. The molecule has 0 aromatic heterocycles. The van der Waals surface area contributed by atoms with E-state index in [1.165, 1.54) is 32.1 Å². The van der Waals surface area contributed by atoms with Crippen LogP contribution in [0.1, 0.15) is 39.0 Å². The van der Waals surface area contributed by atoms with Gasteiger partial charge in [0.25, 0.3) is 0 Å².